The zero-order chi connectivity index (χ0) is 13.9. The molecule has 1 aromatic carbocycles. The van der Waals surface area contributed by atoms with E-state index in [1.807, 2.05) is 0 Å². The predicted octanol–water partition coefficient (Wildman–Crippen LogP) is 3.93. The lowest BCUT2D eigenvalue weighted by Gasteiger charge is -2.14. The molecule has 0 bridgehead atoms. The van der Waals surface area contributed by atoms with Gasteiger partial charge >= 0.3 is 6.36 Å². The maximum atomic E-state index is 12.2. The van der Waals surface area contributed by atoms with E-state index in [0.717, 1.165) is 6.07 Å². The number of methoxy groups -OCH3 is 1. The van der Waals surface area contributed by atoms with Crippen molar-refractivity contribution >= 4 is 37.6 Å². The lowest BCUT2D eigenvalue weighted by molar-refractivity contribution is -0.275. The maximum absolute atomic E-state index is 12.2. The molecule has 1 aromatic rings. The van der Waals surface area contributed by atoms with Crippen LogP contribution in [0.4, 0.5) is 13.2 Å². The molecule has 18 heavy (non-hydrogen) atoms. The highest BCUT2D eigenvalue weighted by atomic mass is 79.9. The number of carbonyl (C=O) groups excluding carboxylic acids is 1. The fourth-order valence-electron chi connectivity index (χ4n) is 1.20. The third-order valence-electron chi connectivity index (χ3n) is 1.88. The van der Waals surface area contributed by atoms with Crippen LogP contribution in [0.2, 0.25) is 0 Å². The number of Topliss-reactive ketones (excluding diaryl/α,β-unsaturated/α-hetero) is 1. The van der Waals surface area contributed by atoms with E-state index >= 15 is 0 Å². The van der Waals surface area contributed by atoms with Crippen molar-refractivity contribution in [3.8, 4) is 11.5 Å². The molecular formula is C10H7Br2F3O3. The van der Waals surface area contributed by atoms with E-state index in [0.29, 0.717) is 0 Å². The molecule has 0 aliphatic carbocycles. The smallest absolute Gasteiger partial charge is 0.492 e. The molecule has 0 aromatic heterocycles. The Balaban J connectivity index is 3.28. The van der Waals surface area contributed by atoms with Crippen LogP contribution in [-0.2, 0) is 0 Å². The van der Waals surface area contributed by atoms with Crippen molar-refractivity contribution in [3.05, 3.63) is 22.2 Å². The zero-order valence-corrected chi connectivity index (χ0v) is 12.1. The fourth-order valence-corrected chi connectivity index (χ4v) is 2.13. The largest absolute Gasteiger partial charge is 0.573 e. The van der Waals surface area contributed by atoms with E-state index in [4.69, 9.17) is 4.74 Å². The Bertz CT molecular complexity index is 460. The van der Waals surface area contributed by atoms with Gasteiger partial charge in [-0.05, 0) is 28.1 Å². The molecule has 1 rings (SSSR count). The lowest BCUT2D eigenvalue weighted by atomic mass is 10.1. The summed E-state index contributed by atoms with van der Waals surface area (Å²) in [6, 6.07) is 2.35. The van der Waals surface area contributed by atoms with Crippen LogP contribution in [0.15, 0.2) is 16.6 Å². The normalized spacial score (nSPS) is 11.2. The Morgan fingerprint density at radius 2 is 2.00 bits per heavy atom. The van der Waals surface area contributed by atoms with E-state index in [1.54, 1.807) is 0 Å². The van der Waals surface area contributed by atoms with Gasteiger partial charge < -0.3 is 9.47 Å². The van der Waals surface area contributed by atoms with Gasteiger partial charge in [0.15, 0.2) is 17.3 Å². The van der Waals surface area contributed by atoms with Crippen molar-refractivity contribution in [3.63, 3.8) is 0 Å². The van der Waals surface area contributed by atoms with E-state index in [9.17, 15) is 18.0 Å². The number of benzene rings is 1. The monoisotopic (exact) mass is 390 g/mol. The number of alkyl halides is 4. The molecule has 0 saturated heterocycles. The van der Waals surface area contributed by atoms with Gasteiger partial charge in [0.05, 0.1) is 16.9 Å². The lowest BCUT2D eigenvalue weighted by Crippen LogP contribution is -2.18. The second-order valence-electron chi connectivity index (χ2n) is 3.09. The number of halogens is 5. The average Bonchev–Trinajstić information content (AvgIpc) is 2.25. The first-order chi connectivity index (χ1) is 8.28. The molecule has 0 fully saturated rings. The van der Waals surface area contributed by atoms with Crippen molar-refractivity contribution < 1.29 is 27.4 Å². The number of ketones is 1. The molecule has 0 heterocycles. The molecule has 8 heteroatoms. The summed E-state index contributed by atoms with van der Waals surface area (Å²) in [4.78, 5) is 11.4. The predicted molar refractivity (Wildman–Crippen MR) is 65.5 cm³/mol. The van der Waals surface area contributed by atoms with Crippen LogP contribution in [0.1, 0.15) is 10.4 Å². The minimum absolute atomic E-state index is 0.00275. The third kappa shape index (κ3) is 3.88. The second-order valence-corrected chi connectivity index (χ2v) is 4.51. The van der Waals surface area contributed by atoms with E-state index in [2.05, 4.69) is 36.6 Å². The van der Waals surface area contributed by atoms with Crippen LogP contribution in [-0.4, -0.2) is 24.6 Å². The number of carbonyl (C=O) groups is 1. The summed E-state index contributed by atoms with van der Waals surface area (Å²) in [6.45, 7) is 0. The summed E-state index contributed by atoms with van der Waals surface area (Å²) in [5.74, 6) is -1.06. The van der Waals surface area contributed by atoms with Crippen molar-refractivity contribution in [1.82, 2.24) is 0 Å². The molecule has 0 aliphatic rings. The van der Waals surface area contributed by atoms with Gasteiger partial charge in [-0.3, -0.25) is 4.79 Å². The van der Waals surface area contributed by atoms with Gasteiger partial charge in [0, 0.05) is 5.56 Å². The Labute approximate surface area is 118 Å². The molecule has 0 saturated carbocycles. The van der Waals surface area contributed by atoms with Crippen molar-refractivity contribution in [2.75, 3.05) is 12.4 Å². The minimum atomic E-state index is -4.86. The molecular weight excluding hydrogens is 385 g/mol. The molecule has 0 unspecified atom stereocenters. The van der Waals surface area contributed by atoms with Crippen LogP contribution < -0.4 is 9.47 Å². The zero-order valence-electron chi connectivity index (χ0n) is 8.98. The van der Waals surface area contributed by atoms with Gasteiger partial charge in [-0.25, -0.2) is 0 Å². The number of hydrogen-bond donors (Lipinski definition) is 0. The summed E-state index contributed by atoms with van der Waals surface area (Å²) in [5.41, 5.74) is 0.0822. The number of rotatable bonds is 4. The molecule has 0 aliphatic heterocycles. The molecule has 0 spiro atoms. The Hall–Kier alpha value is -0.760. The molecule has 3 nitrogen and oxygen atoms in total. The van der Waals surface area contributed by atoms with Crippen LogP contribution in [0, 0.1) is 0 Å². The van der Waals surface area contributed by atoms with E-state index < -0.39 is 12.1 Å². The Kier molecular flexibility index (Phi) is 5.03. The van der Waals surface area contributed by atoms with Crippen LogP contribution in [0.25, 0.3) is 0 Å². The summed E-state index contributed by atoms with van der Waals surface area (Å²) < 4.78 is 45.5. The minimum Gasteiger partial charge on any atom is -0.492 e. The standard InChI is InChI=1S/C10H7Br2F3O3/c1-17-9-6(12)2-5(7(16)4-11)3-8(9)18-10(13,14)15/h2-3H,4H2,1H3. The topological polar surface area (TPSA) is 35.5 Å². The summed E-state index contributed by atoms with van der Waals surface area (Å²) in [5, 5.41) is -0.00275. The van der Waals surface area contributed by atoms with Crippen LogP contribution >= 0.6 is 31.9 Å². The van der Waals surface area contributed by atoms with Gasteiger partial charge in [-0.2, -0.15) is 0 Å². The summed E-state index contributed by atoms with van der Waals surface area (Å²) >= 11 is 5.96. The van der Waals surface area contributed by atoms with Crippen LogP contribution in [0.5, 0.6) is 11.5 Å². The van der Waals surface area contributed by atoms with Gasteiger partial charge in [0.2, 0.25) is 0 Å². The molecule has 0 atom stereocenters. The quantitative estimate of drug-likeness (QED) is 0.576. The summed E-state index contributed by atoms with van der Waals surface area (Å²) in [7, 11) is 1.20. The Morgan fingerprint density at radius 3 is 2.44 bits per heavy atom. The first-order valence-electron chi connectivity index (χ1n) is 4.51. The highest BCUT2D eigenvalue weighted by Gasteiger charge is 2.33. The number of ether oxygens (including phenoxy) is 2. The number of hydrogen-bond acceptors (Lipinski definition) is 3. The van der Waals surface area contributed by atoms with Crippen molar-refractivity contribution in [2.45, 2.75) is 6.36 Å². The highest BCUT2D eigenvalue weighted by Crippen LogP contribution is 2.39. The SMILES string of the molecule is COc1c(Br)cc(C(=O)CBr)cc1OC(F)(F)F. The molecule has 0 radical (unpaired) electrons. The van der Waals surface area contributed by atoms with Crippen molar-refractivity contribution in [2.24, 2.45) is 0 Å². The molecule has 0 amide bonds. The van der Waals surface area contributed by atoms with E-state index in [1.165, 1.54) is 13.2 Å². The second kappa shape index (κ2) is 5.92. The van der Waals surface area contributed by atoms with Gasteiger partial charge in [-0.15, -0.1) is 13.2 Å². The average molecular weight is 392 g/mol. The first kappa shape index (κ1) is 15.3. The van der Waals surface area contributed by atoms with E-state index in [-0.39, 0.29) is 26.9 Å². The van der Waals surface area contributed by atoms with Gasteiger partial charge in [-0.1, -0.05) is 15.9 Å². The fraction of sp³-hybridized carbons (Fsp3) is 0.300. The van der Waals surface area contributed by atoms with Crippen molar-refractivity contribution in [1.29, 1.82) is 0 Å². The molecule has 100 valence electrons. The third-order valence-corrected chi connectivity index (χ3v) is 2.98. The Morgan fingerprint density at radius 1 is 1.39 bits per heavy atom. The van der Waals surface area contributed by atoms with Gasteiger partial charge in [0.25, 0.3) is 0 Å². The van der Waals surface area contributed by atoms with Crippen LogP contribution in [0.3, 0.4) is 0 Å². The first-order valence-corrected chi connectivity index (χ1v) is 6.42. The molecule has 0 N–H and O–H groups in total. The summed E-state index contributed by atoms with van der Waals surface area (Å²) in [6.07, 6.45) is -4.86. The van der Waals surface area contributed by atoms with Gasteiger partial charge in [0.1, 0.15) is 0 Å². The maximum Gasteiger partial charge on any atom is 0.573 e. The highest BCUT2D eigenvalue weighted by molar-refractivity contribution is 9.10.